The molecule has 1 aromatic heterocycles. The van der Waals surface area contributed by atoms with Gasteiger partial charge in [-0.2, -0.15) is 0 Å². The van der Waals surface area contributed by atoms with E-state index in [0.717, 1.165) is 0 Å². The molecular weight excluding hydrogens is 274 g/mol. The Morgan fingerprint density at radius 1 is 1.43 bits per heavy atom. The summed E-state index contributed by atoms with van der Waals surface area (Å²) < 4.78 is 0. The van der Waals surface area contributed by atoms with Crippen LogP contribution >= 0.6 is 0 Å². The first-order chi connectivity index (χ1) is 9.88. The van der Waals surface area contributed by atoms with Gasteiger partial charge in [0.05, 0.1) is 4.92 Å². The summed E-state index contributed by atoms with van der Waals surface area (Å²) in [6.45, 7) is 5.48. The fraction of sp³-hybridized carbons (Fsp3) is 0.308. The lowest BCUT2D eigenvalue weighted by Gasteiger charge is -2.04. The van der Waals surface area contributed by atoms with Gasteiger partial charge in [-0.05, 0) is 13.0 Å². The van der Waals surface area contributed by atoms with Crippen molar-refractivity contribution in [2.45, 2.75) is 26.7 Å². The molecular formula is C13H15N5O3. The Balaban J connectivity index is 2.19. The highest BCUT2D eigenvalue weighted by molar-refractivity contribution is 6.01. The molecule has 110 valence electrons. The number of carbonyl (C=O) groups excluding carboxylic acids is 1. The molecule has 21 heavy (non-hydrogen) atoms. The zero-order valence-electron chi connectivity index (χ0n) is 11.9. The van der Waals surface area contributed by atoms with Gasteiger partial charge in [0.1, 0.15) is 5.82 Å². The molecule has 0 saturated carbocycles. The van der Waals surface area contributed by atoms with E-state index < -0.39 is 10.8 Å². The Morgan fingerprint density at radius 2 is 2.14 bits per heavy atom. The number of hydrogen-bond acceptors (Lipinski definition) is 5. The number of nitro groups is 1. The molecule has 2 aromatic rings. The van der Waals surface area contributed by atoms with E-state index in [0.29, 0.717) is 17.1 Å². The molecule has 1 heterocycles. The maximum Gasteiger partial charge on any atom is 0.295 e. The summed E-state index contributed by atoms with van der Waals surface area (Å²) in [5, 5.41) is 19.9. The fourth-order valence-electron chi connectivity index (χ4n) is 1.70. The van der Waals surface area contributed by atoms with E-state index in [9.17, 15) is 14.9 Å². The highest BCUT2D eigenvalue weighted by atomic mass is 16.6. The van der Waals surface area contributed by atoms with E-state index in [1.165, 1.54) is 6.07 Å². The number of nitro benzene ring substituents is 1. The van der Waals surface area contributed by atoms with Gasteiger partial charge in [-0.25, -0.2) is 4.98 Å². The highest BCUT2D eigenvalue weighted by Crippen LogP contribution is 2.22. The smallest absolute Gasteiger partial charge is 0.295 e. The summed E-state index contributed by atoms with van der Waals surface area (Å²) in [6.07, 6.45) is 0. The lowest BCUT2D eigenvalue weighted by atomic mass is 10.2. The van der Waals surface area contributed by atoms with Crippen LogP contribution < -0.4 is 5.32 Å². The molecule has 0 fully saturated rings. The average Bonchev–Trinajstić information content (AvgIpc) is 2.90. The summed E-state index contributed by atoms with van der Waals surface area (Å²) in [5.41, 5.74) is 0.803. The second-order valence-corrected chi connectivity index (χ2v) is 4.91. The third-order valence-corrected chi connectivity index (χ3v) is 2.92. The van der Waals surface area contributed by atoms with Crippen molar-refractivity contribution >= 4 is 17.3 Å². The minimum Gasteiger partial charge on any atom is -0.319 e. The number of benzene rings is 1. The van der Waals surface area contributed by atoms with E-state index in [1.54, 1.807) is 19.1 Å². The van der Waals surface area contributed by atoms with Gasteiger partial charge in [0.2, 0.25) is 5.82 Å². The number of rotatable bonds is 4. The summed E-state index contributed by atoms with van der Waals surface area (Å²) in [7, 11) is 0. The number of anilines is 1. The maximum absolute atomic E-state index is 12.0. The van der Waals surface area contributed by atoms with Crippen molar-refractivity contribution in [3.63, 3.8) is 0 Å². The Morgan fingerprint density at radius 3 is 2.71 bits per heavy atom. The van der Waals surface area contributed by atoms with Gasteiger partial charge in [-0.3, -0.25) is 20.0 Å². The number of nitrogens with one attached hydrogen (secondary N) is 2. The lowest BCUT2D eigenvalue weighted by molar-refractivity contribution is -0.385. The van der Waals surface area contributed by atoms with Crippen molar-refractivity contribution in [2.75, 3.05) is 5.32 Å². The van der Waals surface area contributed by atoms with E-state index in [1.807, 2.05) is 13.8 Å². The largest absolute Gasteiger partial charge is 0.319 e. The van der Waals surface area contributed by atoms with Gasteiger partial charge < -0.3 is 5.32 Å². The number of carbonyl (C=O) groups is 1. The molecule has 2 N–H and O–H groups in total. The molecule has 0 unspecified atom stereocenters. The highest BCUT2D eigenvalue weighted by Gasteiger charge is 2.16. The molecule has 8 heteroatoms. The Hall–Kier alpha value is -2.77. The predicted octanol–water partition coefficient (Wildman–Crippen LogP) is 2.40. The predicted molar refractivity (Wildman–Crippen MR) is 76.3 cm³/mol. The molecule has 0 aliphatic heterocycles. The molecule has 0 aliphatic carbocycles. The van der Waals surface area contributed by atoms with Gasteiger partial charge in [0.15, 0.2) is 0 Å². The van der Waals surface area contributed by atoms with Gasteiger partial charge in [0, 0.05) is 23.2 Å². The summed E-state index contributed by atoms with van der Waals surface area (Å²) >= 11 is 0. The molecule has 0 bridgehead atoms. The van der Waals surface area contributed by atoms with Crippen LogP contribution in [0.2, 0.25) is 0 Å². The van der Waals surface area contributed by atoms with Crippen LogP contribution in [0.25, 0.3) is 0 Å². The van der Waals surface area contributed by atoms with Crippen LogP contribution in [0.15, 0.2) is 18.2 Å². The van der Waals surface area contributed by atoms with Crippen molar-refractivity contribution < 1.29 is 9.72 Å². The second kappa shape index (κ2) is 5.70. The Bertz CT molecular complexity index is 693. The quantitative estimate of drug-likeness (QED) is 0.662. The Kier molecular flexibility index (Phi) is 3.97. The van der Waals surface area contributed by atoms with Crippen LogP contribution in [0.3, 0.4) is 0 Å². The molecule has 0 aliphatic rings. The van der Waals surface area contributed by atoms with Gasteiger partial charge in [-0.1, -0.05) is 19.9 Å². The summed E-state index contributed by atoms with van der Waals surface area (Å²) in [5.74, 6) is 0.216. The minimum absolute atomic E-state index is 0.00179. The Labute approximate surface area is 120 Å². The number of aromatic amines is 1. The van der Waals surface area contributed by atoms with E-state index >= 15 is 0 Å². The summed E-state index contributed by atoms with van der Waals surface area (Å²) in [6, 6.07) is 4.48. The molecule has 1 aromatic carbocycles. The zero-order valence-corrected chi connectivity index (χ0v) is 11.9. The van der Waals surface area contributed by atoms with Gasteiger partial charge in [-0.15, -0.1) is 5.10 Å². The first-order valence-electron chi connectivity index (χ1n) is 6.37. The number of aryl methyl sites for hydroxylation is 1. The molecule has 0 spiro atoms. The first-order valence-corrected chi connectivity index (χ1v) is 6.37. The van der Waals surface area contributed by atoms with Crippen molar-refractivity contribution in [2.24, 2.45) is 0 Å². The van der Waals surface area contributed by atoms with Crippen molar-refractivity contribution in [1.29, 1.82) is 0 Å². The molecule has 0 radical (unpaired) electrons. The lowest BCUT2D eigenvalue weighted by Crippen LogP contribution is -2.14. The first kappa shape index (κ1) is 14.6. The van der Waals surface area contributed by atoms with Crippen molar-refractivity contribution in [3.05, 3.63) is 45.5 Å². The number of hydrogen-bond donors (Lipinski definition) is 2. The van der Waals surface area contributed by atoms with E-state index in [2.05, 4.69) is 20.5 Å². The monoisotopic (exact) mass is 289 g/mol. The normalized spacial score (nSPS) is 10.7. The third kappa shape index (κ3) is 3.22. The fourth-order valence-corrected chi connectivity index (χ4v) is 1.70. The molecule has 1 amide bonds. The SMILES string of the molecule is Cc1ccc(NC(=O)c2n[nH]c(C(C)C)n2)cc1[N+](=O)[O-]. The van der Waals surface area contributed by atoms with Crippen LogP contribution in [0, 0.1) is 17.0 Å². The van der Waals surface area contributed by atoms with Crippen molar-refractivity contribution in [1.82, 2.24) is 15.2 Å². The van der Waals surface area contributed by atoms with E-state index in [-0.39, 0.29) is 17.4 Å². The van der Waals surface area contributed by atoms with Gasteiger partial charge in [0.25, 0.3) is 11.6 Å². The number of aromatic nitrogens is 3. The number of nitrogens with zero attached hydrogens (tertiary/aromatic N) is 3. The third-order valence-electron chi connectivity index (χ3n) is 2.92. The molecule has 8 nitrogen and oxygen atoms in total. The van der Waals surface area contributed by atoms with E-state index in [4.69, 9.17) is 0 Å². The molecule has 0 saturated heterocycles. The van der Waals surface area contributed by atoms with Crippen molar-refractivity contribution in [3.8, 4) is 0 Å². The summed E-state index contributed by atoms with van der Waals surface area (Å²) in [4.78, 5) is 26.4. The second-order valence-electron chi connectivity index (χ2n) is 4.91. The topological polar surface area (TPSA) is 114 Å². The molecule has 0 atom stereocenters. The van der Waals surface area contributed by atoms with Gasteiger partial charge >= 0.3 is 0 Å². The number of amides is 1. The standard InChI is InChI=1S/C13H15N5O3/c1-7(2)11-15-12(17-16-11)13(19)14-9-5-4-8(3)10(6-9)18(20)21/h4-7H,1-3H3,(H,14,19)(H,15,16,17). The average molecular weight is 289 g/mol. The van der Waals surface area contributed by atoms with Crippen LogP contribution in [-0.4, -0.2) is 26.0 Å². The van der Waals surface area contributed by atoms with Crippen LogP contribution in [0.4, 0.5) is 11.4 Å². The number of H-pyrrole nitrogens is 1. The van der Waals surface area contributed by atoms with Crippen LogP contribution in [-0.2, 0) is 0 Å². The maximum atomic E-state index is 12.0. The minimum atomic E-state index is -0.517. The van der Waals surface area contributed by atoms with Crippen LogP contribution in [0.5, 0.6) is 0 Å². The zero-order chi connectivity index (χ0) is 15.6. The molecule has 2 rings (SSSR count). The van der Waals surface area contributed by atoms with Crippen LogP contribution in [0.1, 0.15) is 41.8 Å².